The maximum atomic E-state index is 14.1. The summed E-state index contributed by atoms with van der Waals surface area (Å²) in [5.74, 6) is 0.0607. The van der Waals surface area contributed by atoms with Crippen molar-refractivity contribution in [1.29, 1.82) is 0 Å². The van der Waals surface area contributed by atoms with Crippen molar-refractivity contribution >= 4 is 45.1 Å². The molecule has 2 aliphatic heterocycles. The van der Waals surface area contributed by atoms with Gasteiger partial charge in [0, 0.05) is 28.5 Å². The Morgan fingerprint density at radius 3 is 2.44 bits per heavy atom. The van der Waals surface area contributed by atoms with E-state index >= 15 is 0 Å². The van der Waals surface area contributed by atoms with E-state index in [9.17, 15) is 13.2 Å². The molecule has 0 spiro atoms. The standard InChI is InChI=1S/C30H27ClN2O5S/c1-4-38-30(34)18-28-27-15-9-22-17-24(37-3)12-16-26(22)33(27)29(21-7-10-23(31)11-8-21)19-32(28)39(35,36)25-13-5-20(2)6-14-25/h5-19,27H,4H2,1-3H3/b28-18+/t27-/m0/s1. The van der Waals surface area contributed by atoms with Crippen LogP contribution in [0.4, 0.5) is 5.69 Å². The highest BCUT2D eigenvalue weighted by atomic mass is 35.5. The molecule has 0 aromatic heterocycles. The van der Waals surface area contributed by atoms with Crippen LogP contribution >= 0.6 is 11.6 Å². The second-order valence-corrected chi connectivity index (χ2v) is 11.3. The Labute approximate surface area is 233 Å². The van der Waals surface area contributed by atoms with E-state index in [1.54, 1.807) is 56.6 Å². The molecule has 0 radical (unpaired) electrons. The number of hydrogen-bond donors (Lipinski definition) is 0. The minimum Gasteiger partial charge on any atom is -0.497 e. The summed E-state index contributed by atoms with van der Waals surface area (Å²) in [6.07, 6.45) is 6.57. The van der Waals surface area contributed by atoms with Crippen molar-refractivity contribution in [3.8, 4) is 5.75 Å². The number of hydrogen-bond acceptors (Lipinski definition) is 6. The first kappa shape index (κ1) is 26.6. The number of esters is 1. The number of carbonyl (C=O) groups excluding carboxylic acids is 1. The molecule has 0 N–H and O–H groups in total. The lowest BCUT2D eigenvalue weighted by Gasteiger charge is -2.45. The Hall–Kier alpha value is -4.01. The Kier molecular flexibility index (Phi) is 7.25. The molecule has 9 heteroatoms. The minimum atomic E-state index is -4.10. The number of anilines is 1. The zero-order valence-electron chi connectivity index (χ0n) is 21.7. The normalized spacial score (nSPS) is 17.4. The number of carbonyl (C=O) groups is 1. The van der Waals surface area contributed by atoms with Gasteiger partial charge < -0.3 is 14.4 Å². The molecule has 0 aliphatic carbocycles. The number of nitrogens with zero attached hydrogens (tertiary/aromatic N) is 2. The van der Waals surface area contributed by atoms with Gasteiger partial charge in [-0.2, -0.15) is 0 Å². The van der Waals surface area contributed by atoms with Crippen LogP contribution in [0.1, 0.15) is 23.6 Å². The van der Waals surface area contributed by atoms with Crippen LogP contribution in [0.3, 0.4) is 0 Å². The van der Waals surface area contributed by atoms with Crippen LogP contribution in [0.2, 0.25) is 5.02 Å². The molecule has 0 fully saturated rings. The van der Waals surface area contributed by atoms with E-state index < -0.39 is 22.0 Å². The maximum Gasteiger partial charge on any atom is 0.332 e. The van der Waals surface area contributed by atoms with Gasteiger partial charge in [-0.25, -0.2) is 17.5 Å². The molecule has 0 amide bonds. The van der Waals surface area contributed by atoms with Gasteiger partial charge in [-0.15, -0.1) is 0 Å². The van der Waals surface area contributed by atoms with Crippen LogP contribution in [0.25, 0.3) is 11.8 Å². The average molecular weight is 563 g/mol. The highest BCUT2D eigenvalue weighted by Crippen LogP contribution is 2.44. The van der Waals surface area contributed by atoms with Gasteiger partial charge in [0.25, 0.3) is 10.0 Å². The van der Waals surface area contributed by atoms with Crippen LogP contribution in [0, 0.1) is 6.92 Å². The minimum absolute atomic E-state index is 0.105. The first-order valence-corrected chi connectivity index (χ1v) is 14.2. The summed E-state index contributed by atoms with van der Waals surface area (Å²) in [4.78, 5) is 14.9. The number of ether oxygens (including phenoxy) is 2. The molecule has 0 unspecified atom stereocenters. The summed E-state index contributed by atoms with van der Waals surface area (Å²) >= 11 is 6.18. The number of methoxy groups -OCH3 is 1. The molecule has 2 heterocycles. The summed E-state index contributed by atoms with van der Waals surface area (Å²) in [6, 6.07) is 18.8. The van der Waals surface area contributed by atoms with E-state index in [4.69, 9.17) is 21.1 Å². The third-order valence-corrected chi connectivity index (χ3v) is 8.51. The topological polar surface area (TPSA) is 76.2 Å². The van der Waals surface area contributed by atoms with Gasteiger partial charge in [-0.05, 0) is 61.9 Å². The van der Waals surface area contributed by atoms with Crippen LogP contribution in [-0.2, 0) is 19.6 Å². The molecule has 5 rings (SSSR count). The molecule has 0 bridgehead atoms. The van der Waals surface area contributed by atoms with Crippen LogP contribution < -0.4 is 9.64 Å². The number of fused-ring (bicyclic) bond motifs is 3. The number of aryl methyl sites for hydroxylation is 1. The molecule has 1 atom stereocenters. The van der Waals surface area contributed by atoms with Crippen molar-refractivity contribution in [2.45, 2.75) is 24.8 Å². The fourth-order valence-electron chi connectivity index (χ4n) is 4.65. The monoisotopic (exact) mass is 562 g/mol. The van der Waals surface area contributed by atoms with Gasteiger partial charge in [0.2, 0.25) is 0 Å². The second kappa shape index (κ2) is 10.6. The Morgan fingerprint density at radius 2 is 1.77 bits per heavy atom. The van der Waals surface area contributed by atoms with Gasteiger partial charge >= 0.3 is 5.97 Å². The summed E-state index contributed by atoms with van der Waals surface area (Å²) in [5.41, 5.74) is 4.25. The van der Waals surface area contributed by atoms with Crippen molar-refractivity contribution in [3.63, 3.8) is 0 Å². The number of rotatable bonds is 6. The predicted octanol–water partition coefficient (Wildman–Crippen LogP) is 6.01. The lowest BCUT2D eigenvalue weighted by Crippen LogP contribution is -2.47. The van der Waals surface area contributed by atoms with Crippen molar-refractivity contribution in [2.75, 3.05) is 18.6 Å². The predicted molar refractivity (Wildman–Crippen MR) is 153 cm³/mol. The Bertz CT molecular complexity index is 1610. The summed E-state index contributed by atoms with van der Waals surface area (Å²) in [7, 11) is -2.50. The van der Waals surface area contributed by atoms with Gasteiger partial charge in [0.15, 0.2) is 0 Å². The number of halogens is 1. The molecular weight excluding hydrogens is 536 g/mol. The summed E-state index contributed by atoms with van der Waals surface area (Å²) < 4.78 is 40.0. The number of benzene rings is 3. The van der Waals surface area contributed by atoms with E-state index in [-0.39, 0.29) is 17.2 Å². The highest BCUT2D eigenvalue weighted by Gasteiger charge is 2.40. The highest BCUT2D eigenvalue weighted by molar-refractivity contribution is 7.89. The molecule has 7 nitrogen and oxygen atoms in total. The SMILES string of the molecule is CCOC(=O)/C=C1\[C@@H]2C=Cc3cc(OC)ccc3N2C(c2ccc(Cl)cc2)=CN1S(=O)(=O)c1ccc(C)cc1. The quantitative estimate of drug-likeness (QED) is 0.270. The third-order valence-electron chi connectivity index (χ3n) is 6.56. The molecule has 2 aliphatic rings. The first-order chi connectivity index (χ1) is 18.7. The van der Waals surface area contributed by atoms with Gasteiger partial charge in [-0.1, -0.05) is 53.6 Å². The largest absolute Gasteiger partial charge is 0.497 e. The van der Waals surface area contributed by atoms with Crippen molar-refractivity contribution < 1.29 is 22.7 Å². The van der Waals surface area contributed by atoms with Gasteiger partial charge in [0.05, 0.1) is 36.0 Å². The van der Waals surface area contributed by atoms with Gasteiger partial charge in [-0.3, -0.25) is 0 Å². The zero-order chi connectivity index (χ0) is 27.7. The fraction of sp³-hybridized carbons (Fsp3) is 0.167. The Balaban J connectivity index is 1.78. The molecule has 3 aromatic rings. The van der Waals surface area contributed by atoms with Crippen LogP contribution in [0.5, 0.6) is 5.75 Å². The van der Waals surface area contributed by atoms with E-state index in [0.29, 0.717) is 16.5 Å². The van der Waals surface area contributed by atoms with Crippen LogP contribution in [-0.4, -0.2) is 38.5 Å². The fourth-order valence-corrected chi connectivity index (χ4v) is 6.16. The smallest absolute Gasteiger partial charge is 0.332 e. The molecule has 39 heavy (non-hydrogen) atoms. The summed E-state index contributed by atoms with van der Waals surface area (Å²) in [6.45, 7) is 3.75. The van der Waals surface area contributed by atoms with Crippen molar-refractivity contribution in [2.24, 2.45) is 0 Å². The Morgan fingerprint density at radius 1 is 1.05 bits per heavy atom. The molecule has 0 saturated carbocycles. The second-order valence-electron chi connectivity index (χ2n) is 9.06. The third kappa shape index (κ3) is 5.05. The van der Waals surface area contributed by atoms with E-state index in [2.05, 4.69) is 0 Å². The summed E-state index contributed by atoms with van der Waals surface area (Å²) in [5, 5.41) is 0.558. The van der Waals surface area contributed by atoms with E-state index in [0.717, 1.165) is 22.4 Å². The van der Waals surface area contributed by atoms with E-state index in [1.807, 2.05) is 54.3 Å². The lowest BCUT2D eigenvalue weighted by atomic mass is 9.95. The lowest BCUT2D eigenvalue weighted by molar-refractivity contribution is -0.137. The molecule has 0 saturated heterocycles. The van der Waals surface area contributed by atoms with Gasteiger partial charge in [0.1, 0.15) is 5.75 Å². The van der Waals surface area contributed by atoms with Crippen molar-refractivity contribution in [3.05, 3.63) is 112 Å². The van der Waals surface area contributed by atoms with Crippen molar-refractivity contribution in [1.82, 2.24) is 4.31 Å². The molecule has 3 aromatic carbocycles. The maximum absolute atomic E-state index is 14.1. The zero-order valence-corrected chi connectivity index (χ0v) is 23.2. The first-order valence-electron chi connectivity index (χ1n) is 12.4. The average Bonchev–Trinajstić information content (AvgIpc) is 2.93. The molecular formula is C30H27ClN2O5S. The molecule has 200 valence electrons. The van der Waals surface area contributed by atoms with E-state index in [1.165, 1.54) is 10.4 Å². The number of sulfonamides is 1. The van der Waals surface area contributed by atoms with Crippen LogP contribution in [0.15, 0.2) is 95.7 Å².